The monoisotopic (exact) mass is 819 g/mol. The summed E-state index contributed by atoms with van der Waals surface area (Å²) in [4.78, 5) is 8.96. The Kier molecular flexibility index (Phi) is 6.97. The van der Waals surface area contributed by atoms with Crippen molar-refractivity contribution >= 4 is 76.3 Å². The Hall–Kier alpha value is -3.51. The van der Waals surface area contributed by atoms with E-state index in [0.717, 1.165) is 51.6 Å². The summed E-state index contributed by atoms with van der Waals surface area (Å²) in [6.07, 6.45) is 3.20. The molecule has 8 rings (SSSR count). The number of fused-ring (bicyclic) bond motifs is 7. The van der Waals surface area contributed by atoms with Crippen LogP contribution in [0.15, 0.2) is 103 Å². The van der Waals surface area contributed by atoms with Crippen LogP contribution in [0.5, 0.6) is 0 Å². The van der Waals surface area contributed by atoms with Gasteiger partial charge in [0.2, 0.25) is 0 Å². The summed E-state index contributed by atoms with van der Waals surface area (Å²) in [6, 6.07) is 36.8. The molecule has 225 valence electrons. The zero-order chi connectivity index (χ0) is 35.4. The first-order valence-corrected chi connectivity index (χ1v) is 19.5. The van der Waals surface area contributed by atoms with Gasteiger partial charge < -0.3 is 9.97 Å². The molecule has 8 aromatic rings. The third-order valence-corrected chi connectivity index (χ3v) is 12.0. The third kappa shape index (κ3) is 6.06. The van der Waals surface area contributed by atoms with Gasteiger partial charge in [-0.3, -0.25) is 0 Å². The van der Waals surface area contributed by atoms with E-state index in [1.165, 1.54) is 17.4 Å². The van der Waals surface area contributed by atoms with Crippen LogP contribution in [0.2, 0.25) is 19.6 Å². The topological polar surface area (TPSA) is 25.8 Å². The van der Waals surface area contributed by atoms with Gasteiger partial charge in [0, 0.05) is 50.1 Å². The summed E-state index contributed by atoms with van der Waals surface area (Å²) in [7, 11) is -1.23. The second kappa shape index (κ2) is 12.7. The Morgan fingerprint density at radius 3 is 2.07 bits per heavy atom. The fourth-order valence-corrected chi connectivity index (χ4v) is 8.71. The van der Waals surface area contributed by atoms with E-state index in [0.29, 0.717) is 11.3 Å². The van der Waals surface area contributed by atoms with Crippen LogP contribution in [-0.2, 0) is 20.1 Å². The van der Waals surface area contributed by atoms with E-state index in [1.807, 2.05) is 54.7 Å². The van der Waals surface area contributed by atoms with Gasteiger partial charge in [-0.2, -0.15) is 22.7 Å². The number of aromatic nitrogens is 2. The molecule has 0 saturated heterocycles. The van der Waals surface area contributed by atoms with E-state index in [4.69, 9.17) is 8.22 Å². The first-order valence-electron chi connectivity index (χ1n) is 17.3. The molecule has 0 aliphatic rings. The molecule has 0 aliphatic heterocycles. The summed E-state index contributed by atoms with van der Waals surface area (Å²) in [6.45, 7) is 1.85. The van der Waals surface area contributed by atoms with Crippen molar-refractivity contribution in [1.82, 2.24) is 9.97 Å². The second-order valence-electron chi connectivity index (χ2n) is 11.7. The van der Waals surface area contributed by atoms with Crippen LogP contribution in [0.3, 0.4) is 0 Å². The zero-order valence-electron chi connectivity index (χ0n) is 30.9. The Balaban J connectivity index is 0.000000222. The van der Waals surface area contributed by atoms with Crippen molar-refractivity contribution in [1.29, 1.82) is 0 Å². The van der Waals surface area contributed by atoms with Gasteiger partial charge in [-0.1, -0.05) is 90.6 Å². The van der Waals surface area contributed by atoms with Crippen LogP contribution >= 0.6 is 22.7 Å². The first-order chi connectivity index (χ1) is 23.7. The number of pyridine rings is 2. The van der Waals surface area contributed by atoms with Crippen LogP contribution in [0, 0.1) is 25.8 Å². The van der Waals surface area contributed by atoms with E-state index in [-0.39, 0.29) is 31.2 Å². The quantitative estimate of drug-likeness (QED) is 0.131. The number of benzene rings is 4. The first kappa shape index (κ1) is 24.7. The minimum atomic E-state index is -2.58. The van der Waals surface area contributed by atoms with Gasteiger partial charge in [-0.05, 0) is 68.1 Å². The molecule has 2 nitrogen and oxygen atoms in total. The van der Waals surface area contributed by atoms with E-state index in [1.54, 1.807) is 22.7 Å². The molecule has 0 bridgehead atoms. The normalized spacial score (nSPS) is 14.0. The number of hydrogen-bond acceptors (Lipinski definition) is 4. The van der Waals surface area contributed by atoms with E-state index < -0.39 is 21.8 Å². The van der Waals surface area contributed by atoms with Crippen molar-refractivity contribution in [2.45, 2.75) is 33.3 Å². The van der Waals surface area contributed by atoms with E-state index in [9.17, 15) is 0 Å². The second-order valence-corrected chi connectivity index (χ2v) is 18.9. The minimum absolute atomic E-state index is 0. The van der Waals surface area contributed by atoms with Crippen LogP contribution in [-0.4, -0.2) is 18.0 Å². The standard InChI is InChI=1S/C25H16NS2.C14H16NSi.Ir/c1-14-11-19(26-13-15(14)2)18-12-22-23(16-7-3-5-9-20(16)27-22)24-17-8-4-6-10-21(17)28-25(18)24;1-16(2,3)13-9-10-14(15-11-13)12-7-5-4-6-8-12;/h3-11,13H,1-2H3;4-7,9-11H,1-3H3;/q2*-1;/i1D3,2D3;;. The molecular formula is C39H32IrN2S2Si-2. The molecule has 6 heteroatoms. The Morgan fingerprint density at radius 1 is 0.711 bits per heavy atom. The fraction of sp³-hybridized carbons (Fsp3) is 0.128. The van der Waals surface area contributed by atoms with Gasteiger partial charge in [0.05, 0.1) is 8.07 Å². The van der Waals surface area contributed by atoms with Crippen LogP contribution in [0.4, 0.5) is 0 Å². The molecule has 0 unspecified atom stereocenters. The number of aryl methyl sites for hydroxylation is 2. The summed E-state index contributed by atoms with van der Waals surface area (Å²) >= 11 is 3.25. The van der Waals surface area contributed by atoms with Gasteiger partial charge in [0.15, 0.2) is 0 Å². The summed E-state index contributed by atoms with van der Waals surface area (Å²) in [5.74, 6) is 0. The zero-order valence-corrected chi connectivity index (χ0v) is 29.9. The molecule has 0 spiro atoms. The molecule has 45 heavy (non-hydrogen) atoms. The largest absolute Gasteiger partial charge is 0.305 e. The molecule has 0 saturated carbocycles. The predicted octanol–water partition coefficient (Wildman–Crippen LogP) is 11.0. The van der Waals surface area contributed by atoms with Crippen molar-refractivity contribution in [3.63, 3.8) is 0 Å². The number of thiophene rings is 2. The summed E-state index contributed by atoms with van der Waals surface area (Å²) in [5, 5.41) is 5.91. The van der Waals surface area contributed by atoms with Gasteiger partial charge in [-0.15, -0.1) is 47.5 Å². The summed E-state index contributed by atoms with van der Waals surface area (Å²) < 4.78 is 51.4. The van der Waals surface area contributed by atoms with Crippen molar-refractivity contribution in [3.8, 4) is 22.5 Å². The minimum Gasteiger partial charge on any atom is -0.305 e. The van der Waals surface area contributed by atoms with Crippen molar-refractivity contribution in [2.75, 3.05) is 0 Å². The SMILES string of the molecule is C[Si](C)(C)c1ccc(-c2[c-]cccc2)nc1.[2H]C([2H])([2H])c1cnc(-c2[c-]c3sc4ccccc4c3c3c2sc2ccccc23)cc1C([2H])([2H])[2H].[Ir]. The molecule has 1 radical (unpaired) electrons. The Bertz CT molecular complexity index is 2500. The van der Waals surface area contributed by atoms with E-state index in [2.05, 4.69) is 78.1 Å². The van der Waals surface area contributed by atoms with E-state index >= 15 is 0 Å². The molecule has 0 N–H and O–H groups in total. The molecular weight excluding hydrogens is 781 g/mol. The molecule has 0 aliphatic carbocycles. The van der Waals surface area contributed by atoms with Gasteiger partial charge >= 0.3 is 0 Å². The molecule has 4 aromatic heterocycles. The Labute approximate surface area is 295 Å². The van der Waals surface area contributed by atoms with Crippen molar-refractivity contribution in [2.24, 2.45) is 0 Å². The maximum absolute atomic E-state index is 7.96. The molecule has 4 heterocycles. The molecule has 4 aromatic carbocycles. The predicted molar refractivity (Wildman–Crippen MR) is 195 cm³/mol. The van der Waals surface area contributed by atoms with Gasteiger partial charge in [0.1, 0.15) is 0 Å². The van der Waals surface area contributed by atoms with Crippen molar-refractivity contribution < 1.29 is 28.3 Å². The van der Waals surface area contributed by atoms with Crippen LogP contribution in [0.1, 0.15) is 19.4 Å². The number of nitrogens with zero attached hydrogens (tertiary/aromatic N) is 2. The van der Waals surface area contributed by atoms with Gasteiger partial charge in [-0.25, -0.2) is 0 Å². The van der Waals surface area contributed by atoms with Crippen molar-refractivity contribution in [3.05, 3.63) is 127 Å². The molecule has 0 fully saturated rings. The molecule has 0 atom stereocenters. The molecule has 0 amide bonds. The average molecular weight is 819 g/mol. The Morgan fingerprint density at radius 2 is 1.40 bits per heavy atom. The average Bonchev–Trinajstić information content (AvgIpc) is 3.65. The van der Waals surface area contributed by atoms with Crippen LogP contribution in [0.25, 0.3) is 62.9 Å². The number of rotatable bonds is 3. The van der Waals surface area contributed by atoms with Crippen LogP contribution < -0.4 is 5.19 Å². The smallest absolute Gasteiger partial charge is 0.0795 e. The third-order valence-electron chi connectivity index (χ3n) is 7.68. The van der Waals surface area contributed by atoms with Gasteiger partial charge in [0.25, 0.3) is 0 Å². The maximum atomic E-state index is 7.96. The maximum Gasteiger partial charge on any atom is 0.0795 e. The number of hydrogen-bond donors (Lipinski definition) is 0. The fourth-order valence-electron chi connectivity index (χ4n) is 5.34. The summed E-state index contributed by atoms with van der Waals surface area (Å²) in [5.41, 5.74) is 2.73.